The van der Waals surface area contributed by atoms with Crippen LogP contribution < -0.4 is 0 Å². The van der Waals surface area contributed by atoms with Crippen LogP contribution in [0.4, 0.5) is 0 Å². The maximum Gasteiger partial charge on any atom is 0.282 e. The van der Waals surface area contributed by atoms with E-state index in [9.17, 15) is 0 Å². The summed E-state index contributed by atoms with van der Waals surface area (Å²) in [6.45, 7) is 9.41. The van der Waals surface area contributed by atoms with Gasteiger partial charge >= 0.3 is 0 Å². The Morgan fingerprint density at radius 3 is 2.13 bits per heavy atom. The highest BCUT2D eigenvalue weighted by Gasteiger charge is 2.56. The van der Waals surface area contributed by atoms with Gasteiger partial charge in [0.15, 0.2) is 6.29 Å². The summed E-state index contributed by atoms with van der Waals surface area (Å²) in [6.07, 6.45) is 2.86. The third-order valence-electron chi connectivity index (χ3n) is 4.39. The van der Waals surface area contributed by atoms with Crippen molar-refractivity contribution in [2.24, 2.45) is 0 Å². The molecule has 0 spiro atoms. The molecular weight excluding hydrogens is 300 g/mol. The van der Waals surface area contributed by atoms with Gasteiger partial charge in [-0.3, -0.25) is 4.74 Å². The number of ether oxygens (including phenoxy) is 6. The fourth-order valence-electron chi connectivity index (χ4n) is 2.92. The summed E-state index contributed by atoms with van der Waals surface area (Å²) in [5, 5.41) is 0. The molecule has 23 heavy (non-hydrogen) atoms. The molecule has 136 valence electrons. The SMILES string of the molecule is CCCCOC1[C@@H](OCCCC)C(C)O[C@@H]2OC(C)(OC)O[C@@H]12. The van der Waals surface area contributed by atoms with E-state index in [1.54, 1.807) is 14.0 Å². The minimum Gasteiger partial charge on any atom is -0.373 e. The zero-order chi connectivity index (χ0) is 16.9. The Morgan fingerprint density at radius 1 is 0.957 bits per heavy atom. The number of methoxy groups -OCH3 is 1. The number of hydrogen-bond donors (Lipinski definition) is 0. The van der Waals surface area contributed by atoms with Crippen molar-refractivity contribution in [1.29, 1.82) is 0 Å². The molecule has 2 heterocycles. The molecule has 0 amide bonds. The second kappa shape index (κ2) is 8.74. The lowest BCUT2D eigenvalue weighted by Crippen LogP contribution is -2.57. The predicted octanol–water partition coefficient (Wildman–Crippen LogP) is 2.84. The largest absolute Gasteiger partial charge is 0.373 e. The third kappa shape index (κ3) is 4.65. The van der Waals surface area contributed by atoms with Gasteiger partial charge < -0.3 is 23.7 Å². The zero-order valence-electron chi connectivity index (χ0n) is 15.1. The van der Waals surface area contributed by atoms with E-state index in [1.807, 2.05) is 6.92 Å². The van der Waals surface area contributed by atoms with Crippen LogP contribution in [0, 0.1) is 0 Å². The molecule has 2 rings (SSSR count). The normalized spacial score (nSPS) is 40.3. The highest BCUT2D eigenvalue weighted by molar-refractivity contribution is 4.94. The molecule has 0 aliphatic carbocycles. The van der Waals surface area contributed by atoms with E-state index < -0.39 is 12.3 Å². The Morgan fingerprint density at radius 2 is 1.57 bits per heavy atom. The quantitative estimate of drug-likeness (QED) is 0.605. The van der Waals surface area contributed by atoms with Gasteiger partial charge in [0.25, 0.3) is 5.97 Å². The maximum atomic E-state index is 6.12. The van der Waals surface area contributed by atoms with Crippen molar-refractivity contribution in [2.75, 3.05) is 20.3 Å². The Bertz CT molecular complexity index is 352. The van der Waals surface area contributed by atoms with Crippen LogP contribution in [0.2, 0.25) is 0 Å². The lowest BCUT2D eigenvalue weighted by atomic mass is 9.99. The summed E-state index contributed by atoms with van der Waals surface area (Å²) in [5.41, 5.74) is 0. The Kier molecular flexibility index (Phi) is 7.25. The second-order valence-electron chi connectivity index (χ2n) is 6.35. The number of unbranched alkanes of at least 4 members (excludes halogenated alkanes) is 2. The van der Waals surface area contributed by atoms with Gasteiger partial charge in [-0.05, 0) is 19.8 Å². The van der Waals surface area contributed by atoms with Gasteiger partial charge in [0.1, 0.15) is 18.3 Å². The molecule has 6 nitrogen and oxygen atoms in total. The average Bonchev–Trinajstić information content (AvgIpc) is 2.86. The first-order valence-corrected chi connectivity index (χ1v) is 8.84. The minimum atomic E-state index is -1.10. The summed E-state index contributed by atoms with van der Waals surface area (Å²) >= 11 is 0. The van der Waals surface area contributed by atoms with Gasteiger partial charge in [-0.25, -0.2) is 0 Å². The van der Waals surface area contributed by atoms with Gasteiger partial charge in [-0.15, -0.1) is 0 Å². The van der Waals surface area contributed by atoms with E-state index in [1.165, 1.54) is 0 Å². The molecule has 0 bridgehead atoms. The van der Waals surface area contributed by atoms with Crippen molar-refractivity contribution in [1.82, 2.24) is 0 Å². The standard InChI is InChI=1S/C17H32O6/c1-6-8-10-19-13-12(3)21-16-15(14(13)20-11-9-7-2)22-17(4,18-5)23-16/h12-16H,6-11H2,1-5H3/t12?,13-,14?,15-,16+,17?/m0/s1. The van der Waals surface area contributed by atoms with Crippen molar-refractivity contribution in [3.63, 3.8) is 0 Å². The first-order chi connectivity index (χ1) is 11.0. The first kappa shape index (κ1) is 19.1. The van der Waals surface area contributed by atoms with E-state index in [4.69, 9.17) is 28.4 Å². The Hall–Kier alpha value is -0.240. The Labute approximate surface area is 139 Å². The molecule has 2 fully saturated rings. The zero-order valence-corrected chi connectivity index (χ0v) is 15.1. The highest BCUT2D eigenvalue weighted by atomic mass is 16.9. The second-order valence-corrected chi connectivity index (χ2v) is 6.35. The molecule has 3 unspecified atom stereocenters. The summed E-state index contributed by atoms with van der Waals surface area (Å²) in [4.78, 5) is 0. The highest BCUT2D eigenvalue weighted by Crippen LogP contribution is 2.38. The molecule has 6 heteroatoms. The summed E-state index contributed by atoms with van der Waals surface area (Å²) < 4.78 is 35.2. The molecule has 0 N–H and O–H groups in total. The molecule has 2 aliphatic heterocycles. The molecule has 2 aliphatic rings. The lowest BCUT2D eigenvalue weighted by Gasteiger charge is -2.41. The van der Waals surface area contributed by atoms with Gasteiger partial charge in [0.05, 0.1) is 6.10 Å². The third-order valence-corrected chi connectivity index (χ3v) is 4.39. The van der Waals surface area contributed by atoms with Gasteiger partial charge in [-0.2, -0.15) is 0 Å². The van der Waals surface area contributed by atoms with Crippen molar-refractivity contribution < 1.29 is 28.4 Å². The smallest absolute Gasteiger partial charge is 0.282 e. The summed E-state index contributed by atoms with van der Waals surface area (Å²) in [7, 11) is 1.56. The maximum absolute atomic E-state index is 6.12. The van der Waals surface area contributed by atoms with Crippen LogP contribution in [0.25, 0.3) is 0 Å². The van der Waals surface area contributed by atoms with Gasteiger partial charge in [0, 0.05) is 27.2 Å². The van der Waals surface area contributed by atoms with E-state index >= 15 is 0 Å². The molecule has 0 aromatic heterocycles. The predicted molar refractivity (Wildman–Crippen MR) is 85.0 cm³/mol. The molecular formula is C17H32O6. The van der Waals surface area contributed by atoms with E-state index in [0.717, 1.165) is 25.7 Å². The molecule has 0 aromatic rings. The van der Waals surface area contributed by atoms with Crippen LogP contribution in [0.15, 0.2) is 0 Å². The fourth-order valence-corrected chi connectivity index (χ4v) is 2.92. The molecule has 0 saturated carbocycles. The van der Waals surface area contributed by atoms with E-state index in [0.29, 0.717) is 13.2 Å². The topological polar surface area (TPSA) is 55.4 Å². The lowest BCUT2D eigenvalue weighted by molar-refractivity contribution is -0.333. The molecule has 0 aromatic carbocycles. The summed E-state index contributed by atoms with van der Waals surface area (Å²) in [5.74, 6) is -1.10. The van der Waals surface area contributed by atoms with Crippen LogP contribution in [0.1, 0.15) is 53.4 Å². The van der Waals surface area contributed by atoms with E-state index in [2.05, 4.69) is 13.8 Å². The van der Waals surface area contributed by atoms with Crippen molar-refractivity contribution in [3.05, 3.63) is 0 Å². The number of fused-ring (bicyclic) bond motifs is 1. The first-order valence-electron chi connectivity index (χ1n) is 8.84. The van der Waals surface area contributed by atoms with Crippen LogP contribution in [0.5, 0.6) is 0 Å². The number of hydrogen-bond acceptors (Lipinski definition) is 6. The van der Waals surface area contributed by atoms with Gasteiger partial charge in [0.2, 0.25) is 0 Å². The fraction of sp³-hybridized carbons (Fsp3) is 1.00. The molecule has 2 saturated heterocycles. The summed E-state index contributed by atoms with van der Waals surface area (Å²) in [6, 6.07) is 0. The van der Waals surface area contributed by atoms with Crippen LogP contribution >= 0.6 is 0 Å². The van der Waals surface area contributed by atoms with Crippen LogP contribution in [0.3, 0.4) is 0 Å². The number of rotatable bonds is 9. The van der Waals surface area contributed by atoms with Crippen molar-refractivity contribution in [2.45, 2.75) is 90.1 Å². The molecule has 6 atom stereocenters. The van der Waals surface area contributed by atoms with Crippen molar-refractivity contribution in [3.8, 4) is 0 Å². The van der Waals surface area contributed by atoms with E-state index in [-0.39, 0.29) is 24.4 Å². The average molecular weight is 332 g/mol. The monoisotopic (exact) mass is 332 g/mol. The van der Waals surface area contributed by atoms with Gasteiger partial charge in [-0.1, -0.05) is 26.7 Å². The molecule has 0 radical (unpaired) electrons. The Balaban J connectivity index is 2.07. The van der Waals surface area contributed by atoms with Crippen molar-refractivity contribution >= 4 is 0 Å². The van der Waals surface area contributed by atoms with Crippen LogP contribution in [-0.2, 0) is 28.4 Å². The minimum absolute atomic E-state index is 0.123. The van der Waals surface area contributed by atoms with Crippen LogP contribution in [-0.4, -0.2) is 57.0 Å².